The lowest BCUT2D eigenvalue weighted by Gasteiger charge is -2.25. The number of nitrogens with zero attached hydrogens (tertiary/aromatic N) is 1. The lowest BCUT2D eigenvalue weighted by Crippen LogP contribution is -2.38. The number of hydrogen-bond acceptors (Lipinski definition) is 6. The zero-order chi connectivity index (χ0) is 28.0. The van der Waals surface area contributed by atoms with Crippen LogP contribution in [0.5, 0.6) is 23.0 Å². The summed E-state index contributed by atoms with van der Waals surface area (Å²) in [6.07, 6.45) is 0. The van der Waals surface area contributed by atoms with Crippen LogP contribution in [0.4, 0.5) is 15.8 Å². The normalized spacial score (nSPS) is 11.0. The first-order valence-corrected chi connectivity index (χ1v) is 13.4. The third-order valence-electron chi connectivity index (χ3n) is 5.54. The van der Waals surface area contributed by atoms with Crippen molar-refractivity contribution in [2.24, 2.45) is 0 Å². The summed E-state index contributed by atoms with van der Waals surface area (Å²) in [6, 6.07) is 23.2. The number of nitrogens with one attached hydrogen (secondary N) is 1. The first-order chi connectivity index (χ1) is 18.7. The lowest BCUT2D eigenvalue weighted by molar-refractivity contribution is -0.114. The Morgan fingerprint density at radius 1 is 0.872 bits per heavy atom. The molecular formula is C28H24ClFN2O6S. The number of benzene rings is 4. The second-order valence-corrected chi connectivity index (χ2v) is 10.4. The number of ether oxygens (including phenoxy) is 3. The maximum atomic E-state index is 13.9. The van der Waals surface area contributed by atoms with Crippen LogP contribution in [-0.4, -0.2) is 35.1 Å². The molecule has 1 amide bonds. The number of anilines is 2. The molecule has 39 heavy (non-hydrogen) atoms. The molecule has 0 bridgehead atoms. The van der Waals surface area contributed by atoms with Crippen molar-refractivity contribution in [2.45, 2.75) is 4.90 Å². The van der Waals surface area contributed by atoms with Crippen LogP contribution in [0.15, 0.2) is 95.9 Å². The van der Waals surface area contributed by atoms with E-state index in [9.17, 15) is 17.6 Å². The minimum absolute atomic E-state index is 0.00190. The molecule has 0 aliphatic heterocycles. The quantitative estimate of drug-likeness (QED) is 0.247. The fourth-order valence-electron chi connectivity index (χ4n) is 3.62. The highest BCUT2D eigenvalue weighted by molar-refractivity contribution is 7.92. The number of para-hydroxylation sites is 1. The molecule has 0 atom stereocenters. The standard InChI is InChI=1S/C28H24ClFN2O6S/c1-36-26-15-13-23(17-27(26)37-2)39(34,35)32(20-10-14-25(30)24(29)16-20)18-28(33)31-19-8-11-22(12-9-19)38-21-6-4-3-5-7-21/h3-17H,18H2,1-2H3,(H,31,33). The van der Waals surface area contributed by atoms with Crippen LogP contribution >= 0.6 is 11.6 Å². The van der Waals surface area contributed by atoms with Gasteiger partial charge in [-0.1, -0.05) is 29.8 Å². The second kappa shape index (κ2) is 12.1. The van der Waals surface area contributed by atoms with Gasteiger partial charge < -0.3 is 19.5 Å². The number of amides is 1. The number of hydrogen-bond donors (Lipinski definition) is 1. The van der Waals surface area contributed by atoms with E-state index in [-0.39, 0.29) is 21.4 Å². The molecule has 8 nitrogen and oxygen atoms in total. The molecular weight excluding hydrogens is 547 g/mol. The molecule has 11 heteroatoms. The van der Waals surface area contributed by atoms with Gasteiger partial charge in [0.25, 0.3) is 10.0 Å². The molecule has 0 radical (unpaired) electrons. The topological polar surface area (TPSA) is 94.2 Å². The minimum atomic E-state index is -4.33. The van der Waals surface area contributed by atoms with Crippen molar-refractivity contribution in [3.05, 3.63) is 102 Å². The molecule has 0 heterocycles. The van der Waals surface area contributed by atoms with Crippen LogP contribution in [0.25, 0.3) is 0 Å². The molecule has 0 aliphatic carbocycles. The first kappa shape index (κ1) is 27.7. The zero-order valence-corrected chi connectivity index (χ0v) is 22.5. The molecule has 0 saturated heterocycles. The van der Waals surface area contributed by atoms with E-state index >= 15 is 0 Å². The number of carbonyl (C=O) groups excluding carboxylic acids is 1. The molecule has 0 spiro atoms. The molecule has 4 aromatic carbocycles. The summed E-state index contributed by atoms with van der Waals surface area (Å²) >= 11 is 5.93. The van der Waals surface area contributed by atoms with Crippen molar-refractivity contribution in [3.8, 4) is 23.0 Å². The Hall–Kier alpha value is -4.28. The molecule has 1 N–H and O–H groups in total. The molecule has 0 aliphatic rings. The van der Waals surface area contributed by atoms with Gasteiger partial charge in [-0.3, -0.25) is 9.10 Å². The van der Waals surface area contributed by atoms with Gasteiger partial charge in [-0.05, 0) is 66.7 Å². The monoisotopic (exact) mass is 570 g/mol. The van der Waals surface area contributed by atoms with Crippen LogP contribution in [0.1, 0.15) is 0 Å². The Balaban J connectivity index is 1.59. The van der Waals surface area contributed by atoms with E-state index in [4.69, 9.17) is 25.8 Å². The SMILES string of the molecule is COc1ccc(S(=O)(=O)N(CC(=O)Nc2ccc(Oc3ccccc3)cc2)c2ccc(F)c(Cl)c2)cc1OC. The summed E-state index contributed by atoms with van der Waals surface area (Å²) in [5.41, 5.74) is 0.416. The molecule has 4 rings (SSSR count). The fourth-order valence-corrected chi connectivity index (χ4v) is 5.22. The number of rotatable bonds is 10. The van der Waals surface area contributed by atoms with Crippen LogP contribution in [0.3, 0.4) is 0 Å². The Bertz CT molecular complexity index is 1570. The maximum Gasteiger partial charge on any atom is 0.264 e. The van der Waals surface area contributed by atoms with E-state index in [1.165, 1.54) is 38.5 Å². The number of carbonyl (C=O) groups is 1. The third-order valence-corrected chi connectivity index (χ3v) is 7.60. The smallest absolute Gasteiger partial charge is 0.264 e. The highest BCUT2D eigenvalue weighted by Crippen LogP contribution is 2.33. The van der Waals surface area contributed by atoms with Crippen molar-refractivity contribution in [3.63, 3.8) is 0 Å². The van der Waals surface area contributed by atoms with E-state index < -0.39 is 28.3 Å². The van der Waals surface area contributed by atoms with Gasteiger partial charge in [0.15, 0.2) is 11.5 Å². The predicted octanol–water partition coefficient (Wildman–Crippen LogP) is 6.12. The Morgan fingerprint density at radius 3 is 2.18 bits per heavy atom. The molecule has 0 saturated carbocycles. The lowest BCUT2D eigenvalue weighted by atomic mass is 10.3. The van der Waals surface area contributed by atoms with Gasteiger partial charge in [-0.15, -0.1) is 0 Å². The van der Waals surface area contributed by atoms with Crippen molar-refractivity contribution in [1.82, 2.24) is 0 Å². The van der Waals surface area contributed by atoms with Gasteiger partial charge in [0.05, 0.1) is 29.8 Å². The molecule has 4 aromatic rings. The van der Waals surface area contributed by atoms with Crippen LogP contribution in [0, 0.1) is 5.82 Å². The summed E-state index contributed by atoms with van der Waals surface area (Å²) in [6.45, 7) is -0.624. The van der Waals surface area contributed by atoms with Crippen LogP contribution in [0.2, 0.25) is 5.02 Å². The summed E-state index contributed by atoms with van der Waals surface area (Å²) in [5, 5.41) is 2.37. The van der Waals surface area contributed by atoms with Gasteiger partial charge in [-0.2, -0.15) is 0 Å². The van der Waals surface area contributed by atoms with Gasteiger partial charge >= 0.3 is 0 Å². The van der Waals surface area contributed by atoms with Gasteiger partial charge in [-0.25, -0.2) is 12.8 Å². The van der Waals surface area contributed by atoms with Gasteiger partial charge in [0.1, 0.15) is 23.9 Å². The average Bonchev–Trinajstić information content (AvgIpc) is 2.94. The second-order valence-electron chi connectivity index (χ2n) is 8.11. The first-order valence-electron chi connectivity index (χ1n) is 11.5. The van der Waals surface area contributed by atoms with Gasteiger partial charge in [0, 0.05) is 11.8 Å². The number of sulfonamides is 1. The Labute approximate surface area is 230 Å². The van der Waals surface area contributed by atoms with Crippen molar-refractivity contribution in [2.75, 3.05) is 30.4 Å². The van der Waals surface area contributed by atoms with E-state index in [0.717, 1.165) is 16.4 Å². The predicted molar refractivity (Wildman–Crippen MR) is 147 cm³/mol. The number of methoxy groups -OCH3 is 2. The largest absolute Gasteiger partial charge is 0.493 e. The minimum Gasteiger partial charge on any atom is -0.493 e. The fraction of sp³-hybridized carbons (Fsp3) is 0.107. The third kappa shape index (κ3) is 6.60. The maximum absolute atomic E-state index is 13.9. The van der Waals surface area contributed by atoms with E-state index in [0.29, 0.717) is 22.9 Å². The van der Waals surface area contributed by atoms with Crippen LogP contribution < -0.4 is 23.8 Å². The Morgan fingerprint density at radius 2 is 1.54 bits per heavy atom. The van der Waals surface area contributed by atoms with Crippen molar-refractivity contribution < 1.29 is 31.8 Å². The number of halogens is 2. The van der Waals surface area contributed by atoms with Crippen LogP contribution in [-0.2, 0) is 14.8 Å². The van der Waals surface area contributed by atoms with Crippen molar-refractivity contribution >= 4 is 38.9 Å². The van der Waals surface area contributed by atoms with E-state index in [2.05, 4.69) is 5.32 Å². The molecule has 202 valence electrons. The summed E-state index contributed by atoms with van der Waals surface area (Å²) < 4.78 is 58.3. The summed E-state index contributed by atoms with van der Waals surface area (Å²) in [7, 11) is -1.54. The molecule has 0 aromatic heterocycles. The average molecular weight is 571 g/mol. The zero-order valence-electron chi connectivity index (χ0n) is 20.9. The van der Waals surface area contributed by atoms with E-state index in [1.54, 1.807) is 24.3 Å². The molecule has 0 unspecified atom stereocenters. The van der Waals surface area contributed by atoms with Crippen molar-refractivity contribution in [1.29, 1.82) is 0 Å². The Kier molecular flexibility index (Phi) is 8.58. The van der Waals surface area contributed by atoms with E-state index in [1.807, 2.05) is 30.3 Å². The summed E-state index contributed by atoms with van der Waals surface area (Å²) in [5.74, 6) is 0.339. The van der Waals surface area contributed by atoms with Gasteiger partial charge in [0.2, 0.25) is 5.91 Å². The molecule has 0 fully saturated rings. The summed E-state index contributed by atoms with van der Waals surface area (Å²) in [4.78, 5) is 12.9. The highest BCUT2D eigenvalue weighted by Gasteiger charge is 2.29. The highest BCUT2D eigenvalue weighted by atomic mass is 35.5.